The molecule has 2 aromatic rings. The van der Waals surface area contributed by atoms with Gasteiger partial charge in [0.25, 0.3) is 0 Å². The molecule has 15 heavy (non-hydrogen) atoms. The second kappa shape index (κ2) is 4.99. The van der Waals surface area contributed by atoms with E-state index in [9.17, 15) is 0 Å². The van der Waals surface area contributed by atoms with Gasteiger partial charge in [0.05, 0.1) is 0 Å². The first-order valence-corrected chi connectivity index (χ1v) is 6.82. The largest absolute Gasteiger partial charge is 0.378 e. The van der Waals surface area contributed by atoms with Gasteiger partial charge in [-0.2, -0.15) is 11.3 Å². The second-order valence-electron chi connectivity index (χ2n) is 3.43. The molecule has 0 aliphatic heterocycles. The number of rotatable bonds is 3. The van der Waals surface area contributed by atoms with E-state index >= 15 is 0 Å². The van der Waals surface area contributed by atoms with Gasteiger partial charge in [-0.1, -0.05) is 12.1 Å². The smallest absolute Gasteiger partial charge is 0.0485 e. The second-order valence-corrected chi connectivity index (χ2v) is 5.46. The lowest BCUT2D eigenvalue weighted by Gasteiger charge is -2.14. The summed E-state index contributed by atoms with van der Waals surface area (Å²) in [5.74, 6) is 0. The molecule has 1 nitrogen and oxygen atoms in total. The monoisotopic (exact) mass is 329 g/mol. The zero-order valence-electron chi connectivity index (χ0n) is 8.41. The van der Waals surface area contributed by atoms with Crippen LogP contribution in [-0.4, -0.2) is 0 Å². The Morgan fingerprint density at radius 1 is 1.20 bits per heavy atom. The predicted octanol–water partition coefficient (Wildman–Crippen LogP) is 4.53. The zero-order valence-corrected chi connectivity index (χ0v) is 11.4. The molecule has 2 rings (SSSR count). The lowest BCUT2D eigenvalue weighted by molar-refractivity contribution is 0.885. The Kier molecular flexibility index (Phi) is 3.64. The molecular weight excluding hydrogens is 317 g/mol. The molecule has 1 unspecified atom stereocenters. The molecule has 0 bridgehead atoms. The first-order valence-electron chi connectivity index (χ1n) is 4.80. The van der Waals surface area contributed by atoms with Crippen LogP contribution in [0.3, 0.4) is 0 Å². The van der Waals surface area contributed by atoms with Crippen molar-refractivity contribution in [2.45, 2.75) is 13.0 Å². The van der Waals surface area contributed by atoms with Crippen molar-refractivity contribution in [2.24, 2.45) is 0 Å². The molecule has 0 aliphatic carbocycles. The van der Waals surface area contributed by atoms with Crippen molar-refractivity contribution in [1.29, 1.82) is 0 Å². The fraction of sp³-hybridized carbons (Fsp3) is 0.167. The van der Waals surface area contributed by atoms with Gasteiger partial charge in [-0.25, -0.2) is 0 Å². The highest BCUT2D eigenvalue weighted by molar-refractivity contribution is 14.1. The Morgan fingerprint density at radius 3 is 2.53 bits per heavy atom. The van der Waals surface area contributed by atoms with Crippen molar-refractivity contribution in [2.75, 3.05) is 5.32 Å². The maximum atomic E-state index is 3.47. The first-order chi connectivity index (χ1) is 7.25. The number of thiophene rings is 1. The summed E-state index contributed by atoms with van der Waals surface area (Å²) in [6.07, 6.45) is 0. The van der Waals surface area contributed by atoms with E-state index in [-0.39, 0.29) is 0 Å². The predicted molar refractivity (Wildman–Crippen MR) is 75.5 cm³/mol. The molecule has 0 fully saturated rings. The number of halogens is 1. The number of benzene rings is 1. The molecule has 0 radical (unpaired) electrons. The minimum absolute atomic E-state index is 0.358. The molecule has 0 amide bonds. The lowest BCUT2D eigenvalue weighted by atomic mass is 10.1. The number of nitrogens with one attached hydrogen (secondary N) is 1. The SMILES string of the molecule is CC(Nc1ccsc1)c1ccc(I)cc1. The van der Waals surface area contributed by atoms with E-state index in [2.05, 4.69) is 75.9 Å². The summed E-state index contributed by atoms with van der Waals surface area (Å²) in [5, 5.41) is 7.68. The van der Waals surface area contributed by atoms with Crippen LogP contribution in [0.5, 0.6) is 0 Å². The summed E-state index contributed by atoms with van der Waals surface area (Å²) in [6, 6.07) is 11.1. The Labute approximate surface area is 108 Å². The molecule has 1 atom stereocenters. The van der Waals surface area contributed by atoms with Crippen molar-refractivity contribution in [3.8, 4) is 0 Å². The lowest BCUT2D eigenvalue weighted by Crippen LogP contribution is -2.05. The minimum atomic E-state index is 0.358. The third-order valence-electron chi connectivity index (χ3n) is 2.27. The first kappa shape index (κ1) is 11.0. The van der Waals surface area contributed by atoms with Crippen LogP contribution >= 0.6 is 33.9 Å². The van der Waals surface area contributed by atoms with Crippen molar-refractivity contribution < 1.29 is 0 Å². The Hall–Kier alpha value is -0.550. The highest BCUT2D eigenvalue weighted by Gasteiger charge is 2.04. The van der Waals surface area contributed by atoms with E-state index in [0.717, 1.165) is 0 Å². The van der Waals surface area contributed by atoms with Gasteiger partial charge in [-0.05, 0) is 58.7 Å². The third kappa shape index (κ3) is 2.95. The number of hydrogen-bond donors (Lipinski definition) is 1. The Morgan fingerprint density at radius 2 is 1.93 bits per heavy atom. The molecule has 0 saturated heterocycles. The molecular formula is C12H12INS. The highest BCUT2D eigenvalue weighted by atomic mass is 127. The molecule has 1 aromatic heterocycles. The van der Waals surface area contributed by atoms with Gasteiger partial charge in [0.2, 0.25) is 0 Å². The summed E-state index contributed by atoms with van der Waals surface area (Å²) in [5.41, 5.74) is 2.52. The van der Waals surface area contributed by atoms with E-state index in [4.69, 9.17) is 0 Å². The fourth-order valence-corrected chi connectivity index (χ4v) is 2.39. The van der Waals surface area contributed by atoms with E-state index < -0.39 is 0 Å². The maximum absolute atomic E-state index is 3.47. The average molecular weight is 329 g/mol. The summed E-state index contributed by atoms with van der Waals surface area (Å²) < 4.78 is 1.28. The van der Waals surface area contributed by atoms with Crippen molar-refractivity contribution in [3.05, 3.63) is 50.2 Å². The van der Waals surface area contributed by atoms with Gasteiger partial charge >= 0.3 is 0 Å². The normalized spacial score (nSPS) is 12.4. The summed E-state index contributed by atoms with van der Waals surface area (Å²) in [4.78, 5) is 0. The van der Waals surface area contributed by atoms with E-state index in [0.29, 0.717) is 6.04 Å². The minimum Gasteiger partial charge on any atom is -0.378 e. The van der Waals surface area contributed by atoms with Crippen LogP contribution in [0.15, 0.2) is 41.1 Å². The topological polar surface area (TPSA) is 12.0 Å². The van der Waals surface area contributed by atoms with Crippen LogP contribution in [0.4, 0.5) is 5.69 Å². The van der Waals surface area contributed by atoms with Gasteiger partial charge < -0.3 is 5.32 Å². The molecule has 0 aliphatic rings. The number of anilines is 1. The molecule has 0 spiro atoms. The van der Waals surface area contributed by atoms with Crippen LogP contribution in [0.1, 0.15) is 18.5 Å². The summed E-state index contributed by atoms with van der Waals surface area (Å²) >= 11 is 4.04. The Bertz CT molecular complexity index is 408. The molecule has 1 aromatic carbocycles. The fourth-order valence-electron chi connectivity index (χ4n) is 1.43. The van der Waals surface area contributed by atoms with Gasteiger partial charge in [0.1, 0.15) is 0 Å². The standard InChI is InChI=1S/C12H12INS/c1-9(14-12-6-7-15-8-12)10-2-4-11(13)5-3-10/h2-9,14H,1H3. The van der Waals surface area contributed by atoms with Crippen molar-refractivity contribution in [1.82, 2.24) is 0 Å². The van der Waals surface area contributed by atoms with E-state index in [1.807, 2.05) is 0 Å². The molecule has 0 saturated carbocycles. The highest BCUT2D eigenvalue weighted by Crippen LogP contribution is 2.21. The van der Waals surface area contributed by atoms with Crippen LogP contribution < -0.4 is 5.32 Å². The van der Waals surface area contributed by atoms with E-state index in [1.54, 1.807) is 11.3 Å². The van der Waals surface area contributed by atoms with Gasteiger partial charge in [0.15, 0.2) is 0 Å². The van der Waals surface area contributed by atoms with Crippen molar-refractivity contribution in [3.63, 3.8) is 0 Å². The van der Waals surface area contributed by atoms with Gasteiger partial charge in [0, 0.05) is 20.7 Å². The van der Waals surface area contributed by atoms with Crippen LogP contribution in [0.25, 0.3) is 0 Å². The Balaban J connectivity index is 2.08. The van der Waals surface area contributed by atoms with Crippen LogP contribution in [-0.2, 0) is 0 Å². The maximum Gasteiger partial charge on any atom is 0.0485 e. The molecule has 78 valence electrons. The van der Waals surface area contributed by atoms with Gasteiger partial charge in [-0.3, -0.25) is 0 Å². The zero-order chi connectivity index (χ0) is 10.7. The molecule has 1 N–H and O–H groups in total. The summed E-state index contributed by atoms with van der Waals surface area (Å²) in [6.45, 7) is 2.18. The molecule has 1 heterocycles. The number of hydrogen-bond acceptors (Lipinski definition) is 2. The van der Waals surface area contributed by atoms with Crippen LogP contribution in [0.2, 0.25) is 0 Å². The van der Waals surface area contributed by atoms with E-state index in [1.165, 1.54) is 14.8 Å². The average Bonchev–Trinajstić information content (AvgIpc) is 2.71. The third-order valence-corrected chi connectivity index (χ3v) is 3.68. The van der Waals surface area contributed by atoms with Gasteiger partial charge in [-0.15, -0.1) is 0 Å². The summed E-state index contributed by atoms with van der Waals surface area (Å²) in [7, 11) is 0. The van der Waals surface area contributed by atoms with Crippen LogP contribution in [0, 0.1) is 3.57 Å². The molecule has 3 heteroatoms. The van der Waals surface area contributed by atoms with Crippen molar-refractivity contribution >= 4 is 39.6 Å². The quantitative estimate of drug-likeness (QED) is 0.816.